The molecule has 1 unspecified atom stereocenters. The first-order valence-electron chi connectivity index (χ1n) is 8.75. The molecular weight excluding hydrogens is 248 g/mol. The number of aliphatic hydroxyl groups excluding tert-OH is 1. The van der Waals surface area contributed by atoms with Gasteiger partial charge in [-0.2, -0.15) is 0 Å². The second-order valence-electron chi connectivity index (χ2n) is 7.39. The Labute approximate surface area is 125 Å². The molecule has 1 atom stereocenters. The van der Waals surface area contributed by atoms with E-state index < -0.39 is 0 Å². The molecule has 0 radical (unpaired) electrons. The Hall–Kier alpha value is -0.120. The van der Waals surface area contributed by atoms with Crippen molar-refractivity contribution < 1.29 is 5.11 Å². The Morgan fingerprint density at radius 3 is 2.65 bits per heavy atom. The van der Waals surface area contributed by atoms with Crippen LogP contribution >= 0.6 is 0 Å². The highest BCUT2D eigenvalue weighted by Gasteiger charge is 2.36. The second-order valence-corrected chi connectivity index (χ2v) is 7.39. The van der Waals surface area contributed by atoms with E-state index in [9.17, 15) is 5.11 Å². The van der Waals surface area contributed by atoms with Crippen LogP contribution in [0.25, 0.3) is 0 Å². The number of hydrogen-bond donors (Lipinski definition) is 2. The van der Waals surface area contributed by atoms with Crippen molar-refractivity contribution in [3.8, 4) is 0 Å². The molecule has 1 saturated heterocycles. The minimum absolute atomic E-state index is 0.0908. The van der Waals surface area contributed by atoms with E-state index in [1.54, 1.807) is 0 Å². The first-order chi connectivity index (χ1) is 9.63. The topological polar surface area (TPSA) is 35.5 Å². The highest BCUT2D eigenvalue weighted by Crippen LogP contribution is 2.39. The van der Waals surface area contributed by atoms with Gasteiger partial charge in [-0.15, -0.1) is 0 Å². The molecule has 0 aromatic heterocycles. The van der Waals surface area contributed by atoms with Gasteiger partial charge in [0.05, 0.1) is 6.10 Å². The van der Waals surface area contributed by atoms with Crippen LogP contribution < -0.4 is 5.32 Å². The Balaban J connectivity index is 1.91. The highest BCUT2D eigenvalue weighted by molar-refractivity contribution is 4.90. The summed E-state index contributed by atoms with van der Waals surface area (Å²) in [5.74, 6) is 0.904. The van der Waals surface area contributed by atoms with Gasteiger partial charge in [0, 0.05) is 19.6 Å². The molecule has 0 spiro atoms. The summed E-state index contributed by atoms with van der Waals surface area (Å²) < 4.78 is 0. The largest absolute Gasteiger partial charge is 0.392 e. The van der Waals surface area contributed by atoms with Gasteiger partial charge < -0.3 is 15.3 Å². The maximum atomic E-state index is 9.89. The van der Waals surface area contributed by atoms with Gasteiger partial charge in [0.15, 0.2) is 0 Å². The molecule has 1 aliphatic heterocycles. The zero-order chi connectivity index (χ0) is 14.4. The van der Waals surface area contributed by atoms with E-state index in [0.717, 1.165) is 31.8 Å². The molecule has 0 bridgehead atoms. The molecule has 2 fully saturated rings. The lowest BCUT2D eigenvalue weighted by molar-refractivity contribution is 0.0259. The Kier molecular flexibility index (Phi) is 6.31. The summed E-state index contributed by atoms with van der Waals surface area (Å²) in [5.41, 5.74) is 0.457. The fourth-order valence-corrected chi connectivity index (χ4v) is 3.94. The Morgan fingerprint density at radius 1 is 1.25 bits per heavy atom. The van der Waals surface area contributed by atoms with Crippen molar-refractivity contribution in [1.29, 1.82) is 0 Å². The summed E-state index contributed by atoms with van der Waals surface area (Å²) in [5, 5.41) is 13.6. The van der Waals surface area contributed by atoms with E-state index in [2.05, 4.69) is 24.1 Å². The molecule has 1 aliphatic carbocycles. The van der Waals surface area contributed by atoms with Crippen LogP contribution in [0.3, 0.4) is 0 Å². The van der Waals surface area contributed by atoms with Gasteiger partial charge in [0.2, 0.25) is 0 Å². The molecule has 1 saturated carbocycles. The third-order valence-corrected chi connectivity index (χ3v) is 5.30. The molecule has 3 nitrogen and oxygen atoms in total. The van der Waals surface area contributed by atoms with Gasteiger partial charge in [0.1, 0.15) is 0 Å². The molecular formula is C17H34N2O. The monoisotopic (exact) mass is 282 g/mol. The van der Waals surface area contributed by atoms with Crippen molar-refractivity contribution >= 4 is 0 Å². The molecule has 0 aromatic rings. The number of hydrogen-bond acceptors (Lipinski definition) is 3. The average molecular weight is 282 g/mol. The predicted octanol–water partition coefficient (Wildman–Crippen LogP) is 2.64. The molecule has 2 N–H and O–H groups in total. The van der Waals surface area contributed by atoms with Gasteiger partial charge in [0.25, 0.3) is 0 Å². The van der Waals surface area contributed by atoms with E-state index in [-0.39, 0.29) is 6.10 Å². The quantitative estimate of drug-likeness (QED) is 0.735. The minimum atomic E-state index is -0.0908. The second kappa shape index (κ2) is 7.77. The van der Waals surface area contributed by atoms with Gasteiger partial charge in [-0.3, -0.25) is 0 Å². The van der Waals surface area contributed by atoms with Crippen LogP contribution in [0.2, 0.25) is 0 Å². The molecule has 118 valence electrons. The third-order valence-electron chi connectivity index (χ3n) is 5.30. The maximum Gasteiger partial charge on any atom is 0.0667 e. The maximum absolute atomic E-state index is 9.89. The summed E-state index contributed by atoms with van der Waals surface area (Å²) in [6.45, 7) is 10.2. The smallest absolute Gasteiger partial charge is 0.0667 e. The molecule has 3 heteroatoms. The normalized spacial score (nSPS) is 36.1. The lowest BCUT2D eigenvalue weighted by Gasteiger charge is -2.44. The van der Waals surface area contributed by atoms with Crippen LogP contribution in [-0.2, 0) is 0 Å². The SMILES string of the molecule is CCCNCC1(CN2CCCC(O)C2)CCC(C)CC1. The van der Waals surface area contributed by atoms with Gasteiger partial charge >= 0.3 is 0 Å². The molecule has 0 aromatic carbocycles. The minimum Gasteiger partial charge on any atom is -0.392 e. The lowest BCUT2D eigenvalue weighted by Crippen LogP contribution is -2.49. The molecule has 2 rings (SSSR count). The van der Waals surface area contributed by atoms with Gasteiger partial charge in [-0.1, -0.05) is 26.7 Å². The van der Waals surface area contributed by atoms with Gasteiger partial charge in [-0.05, 0) is 56.5 Å². The van der Waals surface area contributed by atoms with Crippen molar-refractivity contribution in [3.63, 3.8) is 0 Å². The van der Waals surface area contributed by atoms with E-state index in [0.29, 0.717) is 5.41 Å². The van der Waals surface area contributed by atoms with Crippen LogP contribution in [0.5, 0.6) is 0 Å². The van der Waals surface area contributed by atoms with E-state index >= 15 is 0 Å². The van der Waals surface area contributed by atoms with Crippen molar-refractivity contribution in [1.82, 2.24) is 10.2 Å². The highest BCUT2D eigenvalue weighted by atomic mass is 16.3. The first kappa shape index (κ1) is 16.3. The van der Waals surface area contributed by atoms with Gasteiger partial charge in [-0.25, -0.2) is 0 Å². The van der Waals surface area contributed by atoms with Crippen molar-refractivity contribution in [2.75, 3.05) is 32.7 Å². The summed E-state index contributed by atoms with van der Waals surface area (Å²) in [4.78, 5) is 2.53. The first-order valence-corrected chi connectivity index (χ1v) is 8.75. The van der Waals surface area contributed by atoms with E-state index in [1.165, 1.54) is 51.7 Å². The fourth-order valence-electron chi connectivity index (χ4n) is 3.94. The van der Waals surface area contributed by atoms with Crippen LogP contribution in [0.15, 0.2) is 0 Å². The van der Waals surface area contributed by atoms with Crippen molar-refractivity contribution in [3.05, 3.63) is 0 Å². The Morgan fingerprint density at radius 2 is 2.00 bits per heavy atom. The molecule has 20 heavy (non-hydrogen) atoms. The van der Waals surface area contributed by atoms with Crippen LogP contribution in [0.1, 0.15) is 58.8 Å². The summed E-state index contributed by atoms with van der Waals surface area (Å²) in [6, 6.07) is 0. The number of β-amino-alcohol motifs (C(OH)–C–C–N with tert-alkyl or cyclic N) is 1. The standard InChI is InChI=1S/C17H34N2O/c1-3-10-18-13-17(8-6-15(2)7-9-17)14-19-11-4-5-16(20)12-19/h15-16,18,20H,3-14H2,1-2H3. The number of nitrogens with one attached hydrogen (secondary N) is 1. The van der Waals surface area contributed by atoms with E-state index in [1.807, 2.05) is 0 Å². The number of piperidine rings is 1. The molecule has 0 amide bonds. The van der Waals surface area contributed by atoms with Crippen molar-refractivity contribution in [2.45, 2.75) is 64.9 Å². The molecule has 1 heterocycles. The third kappa shape index (κ3) is 4.71. The fraction of sp³-hybridized carbons (Fsp3) is 1.00. The van der Waals surface area contributed by atoms with E-state index in [4.69, 9.17) is 0 Å². The summed E-state index contributed by atoms with van der Waals surface area (Å²) in [6.07, 6.45) is 8.76. The summed E-state index contributed by atoms with van der Waals surface area (Å²) in [7, 11) is 0. The number of rotatable bonds is 6. The lowest BCUT2D eigenvalue weighted by atomic mass is 9.70. The van der Waals surface area contributed by atoms with Crippen LogP contribution in [0.4, 0.5) is 0 Å². The predicted molar refractivity (Wildman–Crippen MR) is 84.9 cm³/mol. The summed E-state index contributed by atoms with van der Waals surface area (Å²) >= 11 is 0. The molecule has 2 aliphatic rings. The zero-order valence-corrected chi connectivity index (χ0v) is 13.5. The van der Waals surface area contributed by atoms with Crippen molar-refractivity contribution in [2.24, 2.45) is 11.3 Å². The zero-order valence-electron chi connectivity index (χ0n) is 13.5. The number of aliphatic hydroxyl groups is 1. The Bertz CT molecular complexity index is 274. The number of likely N-dealkylation sites (tertiary alicyclic amines) is 1. The van der Waals surface area contributed by atoms with Crippen LogP contribution in [0, 0.1) is 11.3 Å². The average Bonchev–Trinajstić information content (AvgIpc) is 2.43. The van der Waals surface area contributed by atoms with Crippen LogP contribution in [-0.4, -0.2) is 48.8 Å². The number of nitrogens with zero attached hydrogens (tertiary/aromatic N) is 1.